The van der Waals surface area contributed by atoms with Gasteiger partial charge >= 0.3 is 0 Å². The molecule has 1 aromatic heterocycles. The highest BCUT2D eigenvalue weighted by molar-refractivity contribution is 5.90. The summed E-state index contributed by atoms with van der Waals surface area (Å²) < 4.78 is 0. The summed E-state index contributed by atoms with van der Waals surface area (Å²) in [5, 5.41) is 2.76. The van der Waals surface area contributed by atoms with E-state index >= 15 is 0 Å². The van der Waals surface area contributed by atoms with E-state index in [1.54, 1.807) is 0 Å². The van der Waals surface area contributed by atoms with Crippen LogP contribution in [0.25, 0.3) is 22.0 Å². The topological polar surface area (TPSA) is 12.9 Å². The third-order valence-electron chi connectivity index (χ3n) is 4.90. The first-order valence-corrected chi connectivity index (χ1v) is 8.36. The average molecular weight is 287 g/mol. The Hall–Kier alpha value is -2.15. The zero-order valence-corrected chi connectivity index (χ0v) is 12.8. The van der Waals surface area contributed by atoms with Crippen molar-refractivity contribution in [1.82, 2.24) is 4.98 Å². The van der Waals surface area contributed by atoms with Gasteiger partial charge in [0.05, 0.1) is 5.69 Å². The maximum atomic E-state index is 4.54. The minimum atomic E-state index is 0.710. The summed E-state index contributed by atoms with van der Waals surface area (Å²) in [5.41, 5.74) is 3.85. The lowest BCUT2D eigenvalue weighted by Crippen LogP contribution is -2.05. The van der Waals surface area contributed by atoms with E-state index < -0.39 is 0 Å². The van der Waals surface area contributed by atoms with Crippen LogP contribution in [0.2, 0.25) is 0 Å². The molecule has 0 unspecified atom stereocenters. The van der Waals surface area contributed by atoms with Crippen LogP contribution in [0.1, 0.15) is 43.6 Å². The van der Waals surface area contributed by atoms with Gasteiger partial charge in [-0.2, -0.15) is 0 Å². The molecule has 0 aliphatic heterocycles. The highest BCUT2D eigenvalue weighted by Crippen LogP contribution is 2.38. The quantitative estimate of drug-likeness (QED) is 0.567. The van der Waals surface area contributed by atoms with Gasteiger partial charge in [-0.3, -0.25) is 4.98 Å². The number of rotatable bonds is 2. The summed E-state index contributed by atoms with van der Waals surface area (Å²) in [6, 6.07) is 19.6. The summed E-state index contributed by atoms with van der Waals surface area (Å²) in [4.78, 5) is 4.54. The number of pyridine rings is 1. The van der Waals surface area contributed by atoms with Crippen LogP contribution in [0, 0.1) is 0 Å². The van der Waals surface area contributed by atoms with Crippen LogP contribution in [0.4, 0.5) is 0 Å². The van der Waals surface area contributed by atoms with Gasteiger partial charge in [0.2, 0.25) is 0 Å². The smallest absolute Gasteiger partial charge is 0.0702 e. The fraction of sp³-hybridized carbons (Fsp3) is 0.286. The molecule has 2 aromatic carbocycles. The lowest BCUT2D eigenvalue weighted by Gasteiger charge is -2.24. The number of nitrogens with zero attached hydrogens (tertiary/aromatic N) is 1. The van der Waals surface area contributed by atoms with Crippen molar-refractivity contribution in [3.05, 3.63) is 66.4 Å². The second-order valence-electron chi connectivity index (χ2n) is 6.34. The molecule has 1 aliphatic rings. The summed E-state index contributed by atoms with van der Waals surface area (Å²) >= 11 is 0. The van der Waals surface area contributed by atoms with Crippen LogP contribution in [0.3, 0.4) is 0 Å². The number of fused-ring (bicyclic) bond motifs is 1. The number of aromatic nitrogens is 1. The Balaban J connectivity index is 1.89. The van der Waals surface area contributed by atoms with Gasteiger partial charge in [-0.1, -0.05) is 49.6 Å². The van der Waals surface area contributed by atoms with Crippen LogP contribution >= 0.6 is 0 Å². The minimum Gasteiger partial charge on any atom is -0.256 e. The summed E-state index contributed by atoms with van der Waals surface area (Å²) in [6.45, 7) is 0. The molecule has 0 spiro atoms. The molecule has 0 saturated heterocycles. The number of benzene rings is 2. The SMILES string of the molecule is c1ccc(-c2cc(C3CCCCC3)c3ccccc3c2)nc1. The number of hydrogen-bond acceptors (Lipinski definition) is 1. The Morgan fingerprint density at radius 3 is 2.45 bits per heavy atom. The zero-order valence-electron chi connectivity index (χ0n) is 12.8. The summed E-state index contributed by atoms with van der Waals surface area (Å²) in [5.74, 6) is 0.710. The summed E-state index contributed by atoms with van der Waals surface area (Å²) in [6.07, 6.45) is 8.67. The van der Waals surface area contributed by atoms with Crippen molar-refractivity contribution < 1.29 is 0 Å². The molecule has 0 N–H and O–H groups in total. The molecule has 3 aromatic rings. The maximum absolute atomic E-state index is 4.54. The molecule has 0 radical (unpaired) electrons. The van der Waals surface area contributed by atoms with Crippen molar-refractivity contribution in [3.63, 3.8) is 0 Å². The van der Waals surface area contributed by atoms with Crippen LogP contribution in [0.5, 0.6) is 0 Å². The molecule has 4 rings (SSSR count). The van der Waals surface area contributed by atoms with E-state index in [0.717, 1.165) is 5.69 Å². The van der Waals surface area contributed by atoms with E-state index in [-0.39, 0.29) is 0 Å². The van der Waals surface area contributed by atoms with Crippen LogP contribution in [-0.4, -0.2) is 4.98 Å². The fourth-order valence-corrected chi connectivity index (χ4v) is 3.77. The Labute approximate surface area is 132 Å². The molecule has 0 amide bonds. The van der Waals surface area contributed by atoms with Crippen LogP contribution in [-0.2, 0) is 0 Å². The van der Waals surface area contributed by atoms with Gasteiger partial charge < -0.3 is 0 Å². The van der Waals surface area contributed by atoms with E-state index in [1.165, 1.54) is 54.0 Å². The molecule has 1 saturated carbocycles. The van der Waals surface area contributed by atoms with E-state index in [1.807, 2.05) is 12.3 Å². The first-order chi connectivity index (χ1) is 10.9. The highest BCUT2D eigenvalue weighted by atomic mass is 14.7. The maximum Gasteiger partial charge on any atom is 0.0702 e. The second-order valence-corrected chi connectivity index (χ2v) is 6.34. The van der Waals surface area contributed by atoms with Crippen LogP contribution < -0.4 is 0 Å². The Kier molecular flexibility index (Phi) is 3.64. The Bertz CT molecular complexity index is 770. The van der Waals surface area contributed by atoms with Gasteiger partial charge in [0.15, 0.2) is 0 Å². The second kappa shape index (κ2) is 5.92. The number of hydrogen-bond donors (Lipinski definition) is 0. The van der Waals surface area contributed by atoms with Gasteiger partial charge in [-0.05, 0) is 59.4 Å². The molecule has 0 atom stereocenters. The van der Waals surface area contributed by atoms with E-state index in [9.17, 15) is 0 Å². The first kappa shape index (κ1) is 13.5. The monoisotopic (exact) mass is 287 g/mol. The van der Waals surface area contributed by atoms with Gasteiger partial charge in [0.25, 0.3) is 0 Å². The lowest BCUT2D eigenvalue weighted by molar-refractivity contribution is 0.445. The molecular weight excluding hydrogens is 266 g/mol. The molecule has 1 fully saturated rings. The molecule has 110 valence electrons. The zero-order chi connectivity index (χ0) is 14.8. The molecule has 1 heteroatoms. The van der Waals surface area contributed by atoms with Gasteiger partial charge in [-0.15, -0.1) is 0 Å². The van der Waals surface area contributed by atoms with Crippen molar-refractivity contribution in [3.8, 4) is 11.3 Å². The van der Waals surface area contributed by atoms with Crippen molar-refractivity contribution in [2.45, 2.75) is 38.0 Å². The van der Waals surface area contributed by atoms with Crippen molar-refractivity contribution in [2.24, 2.45) is 0 Å². The van der Waals surface area contributed by atoms with Gasteiger partial charge in [-0.25, -0.2) is 0 Å². The van der Waals surface area contributed by atoms with E-state index in [2.05, 4.69) is 53.5 Å². The largest absolute Gasteiger partial charge is 0.256 e. The lowest BCUT2D eigenvalue weighted by atomic mass is 9.81. The first-order valence-electron chi connectivity index (χ1n) is 8.36. The third-order valence-corrected chi connectivity index (χ3v) is 4.90. The van der Waals surface area contributed by atoms with Crippen molar-refractivity contribution in [1.29, 1.82) is 0 Å². The predicted molar refractivity (Wildman–Crippen MR) is 93.0 cm³/mol. The molecule has 1 aliphatic carbocycles. The molecule has 1 heterocycles. The van der Waals surface area contributed by atoms with Crippen molar-refractivity contribution >= 4 is 10.8 Å². The molecule has 22 heavy (non-hydrogen) atoms. The Morgan fingerprint density at radius 1 is 0.818 bits per heavy atom. The van der Waals surface area contributed by atoms with Gasteiger partial charge in [0.1, 0.15) is 0 Å². The van der Waals surface area contributed by atoms with Crippen LogP contribution in [0.15, 0.2) is 60.8 Å². The van der Waals surface area contributed by atoms with E-state index in [0.29, 0.717) is 5.92 Å². The Morgan fingerprint density at radius 2 is 1.64 bits per heavy atom. The third kappa shape index (κ3) is 2.52. The van der Waals surface area contributed by atoms with E-state index in [4.69, 9.17) is 0 Å². The highest BCUT2D eigenvalue weighted by Gasteiger charge is 2.18. The average Bonchev–Trinajstić information content (AvgIpc) is 2.62. The summed E-state index contributed by atoms with van der Waals surface area (Å²) in [7, 11) is 0. The fourth-order valence-electron chi connectivity index (χ4n) is 3.77. The standard InChI is InChI=1S/C21H21N/c1-2-8-16(9-3-1)20-15-18(21-12-6-7-13-22-21)14-17-10-4-5-11-19(17)20/h4-7,10-16H,1-3,8-9H2. The van der Waals surface area contributed by atoms with Gasteiger partial charge in [0, 0.05) is 11.8 Å². The normalized spacial score (nSPS) is 16.0. The molecule has 1 nitrogen and oxygen atoms in total. The molecule has 0 bridgehead atoms. The predicted octanol–water partition coefficient (Wildman–Crippen LogP) is 5.95. The minimum absolute atomic E-state index is 0.710. The molecular formula is C21H21N. The van der Waals surface area contributed by atoms with Crippen molar-refractivity contribution in [2.75, 3.05) is 0 Å².